The van der Waals surface area contributed by atoms with Crippen molar-refractivity contribution >= 4 is 23.2 Å². The molecule has 2 aromatic rings. The zero-order valence-electron chi connectivity index (χ0n) is 15.3. The Bertz CT molecular complexity index is 780. The van der Waals surface area contributed by atoms with E-state index in [4.69, 9.17) is 4.74 Å². The van der Waals surface area contributed by atoms with Crippen LogP contribution in [0.2, 0.25) is 0 Å². The summed E-state index contributed by atoms with van der Waals surface area (Å²) in [6.07, 6.45) is 3.69. The summed E-state index contributed by atoms with van der Waals surface area (Å²) in [6, 6.07) is 4.02. The third-order valence-corrected chi connectivity index (χ3v) is 4.65. The lowest BCUT2D eigenvalue weighted by molar-refractivity contribution is -0.142. The number of hydrogen-bond acceptors (Lipinski definition) is 5. The maximum atomic E-state index is 12.2. The summed E-state index contributed by atoms with van der Waals surface area (Å²) in [5, 5.41) is 2.79. The number of piperidine rings is 1. The van der Waals surface area contributed by atoms with E-state index in [2.05, 4.69) is 19.9 Å². The molecule has 1 N–H and O–H groups in total. The number of fused-ring (bicyclic) bond motifs is 1. The molecule has 1 saturated heterocycles. The van der Waals surface area contributed by atoms with Crippen LogP contribution in [0.15, 0.2) is 18.3 Å². The van der Waals surface area contributed by atoms with E-state index >= 15 is 0 Å². The van der Waals surface area contributed by atoms with Gasteiger partial charge in [0.15, 0.2) is 5.65 Å². The van der Waals surface area contributed by atoms with Gasteiger partial charge in [0.1, 0.15) is 11.3 Å². The number of imidazole rings is 1. The van der Waals surface area contributed by atoms with Gasteiger partial charge in [-0.1, -0.05) is 0 Å². The maximum absolute atomic E-state index is 12.2. The van der Waals surface area contributed by atoms with Crippen LogP contribution in [-0.2, 0) is 9.53 Å². The monoisotopic (exact) mass is 359 g/mol. The van der Waals surface area contributed by atoms with Crippen molar-refractivity contribution < 1.29 is 14.3 Å². The normalized spacial score (nSPS) is 15.2. The summed E-state index contributed by atoms with van der Waals surface area (Å²) >= 11 is 0. The first-order valence-corrected chi connectivity index (χ1v) is 9.08. The number of nitrogens with one attached hydrogen (secondary N) is 1. The fraction of sp³-hybridized carbons (Fsp3) is 0.556. The van der Waals surface area contributed by atoms with Crippen molar-refractivity contribution in [3.8, 4) is 0 Å². The number of rotatable bonds is 5. The zero-order chi connectivity index (χ0) is 18.5. The SMILES string of the molecule is CCOC(=O)CCNC(=O)N1CCC(n2c(C)nc3cccnc32)CC1. The van der Waals surface area contributed by atoms with Gasteiger partial charge in [0.2, 0.25) is 0 Å². The summed E-state index contributed by atoms with van der Waals surface area (Å²) in [6.45, 7) is 5.76. The van der Waals surface area contributed by atoms with Crippen LogP contribution < -0.4 is 5.32 Å². The second kappa shape index (κ2) is 8.16. The molecule has 0 unspecified atom stereocenters. The summed E-state index contributed by atoms with van der Waals surface area (Å²) in [5.41, 5.74) is 1.81. The first-order chi connectivity index (χ1) is 12.6. The van der Waals surface area contributed by atoms with E-state index in [9.17, 15) is 9.59 Å². The second-order valence-electron chi connectivity index (χ2n) is 6.38. The predicted octanol–water partition coefficient (Wildman–Crippen LogP) is 2.04. The van der Waals surface area contributed by atoms with Gasteiger partial charge in [0.05, 0.1) is 13.0 Å². The molecule has 0 spiro atoms. The Morgan fingerprint density at radius 1 is 1.35 bits per heavy atom. The second-order valence-corrected chi connectivity index (χ2v) is 6.38. The van der Waals surface area contributed by atoms with E-state index in [1.165, 1.54) is 0 Å². The molecule has 1 fully saturated rings. The van der Waals surface area contributed by atoms with Gasteiger partial charge in [-0.2, -0.15) is 0 Å². The molecular weight excluding hydrogens is 334 g/mol. The van der Waals surface area contributed by atoms with E-state index in [0.29, 0.717) is 32.3 Å². The lowest BCUT2D eigenvalue weighted by atomic mass is 10.0. The molecule has 3 heterocycles. The third kappa shape index (κ3) is 3.95. The molecule has 2 amide bonds. The number of ether oxygens (including phenoxy) is 1. The molecule has 26 heavy (non-hydrogen) atoms. The fourth-order valence-electron chi connectivity index (χ4n) is 3.42. The minimum absolute atomic E-state index is 0.127. The number of pyridine rings is 1. The molecule has 1 aliphatic rings. The molecule has 1 aliphatic heterocycles. The van der Waals surface area contributed by atoms with E-state index in [1.54, 1.807) is 18.0 Å². The molecular formula is C18H25N5O3. The van der Waals surface area contributed by atoms with Crippen molar-refractivity contribution in [2.24, 2.45) is 0 Å². The predicted molar refractivity (Wildman–Crippen MR) is 96.8 cm³/mol. The van der Waals surface area contributed by atoms with Gasteiger partial charge in [0, 0.05) is 31.9 Å². The van der Waals surface area contributed by atoms with Crippen molar-refractivity contribution in [1.29, 1.82) is 0 Å². The number of nitrogens with zero attached hydrogens (tertiary/aromatic N) is 4. The average Bonchev–Trinajstić information content (AvgIpc) is 2.97. The molecule has 0 aliphatic carbocycles. The van der Waals surface area contributed by atoms with Crippen molar-refractivity contribution in [2.45, 2.75) is 39.2 Å². The molecule has 0 saturated carbocycles. The fourth-order valence-corrected chi connectivity index (χ4v) is 3.42. The highest BCUT2D eigenvalue weighted by Crippen LogP contribution is 2.27. The summed E-state index contributed by atoms with van der Waals surface area (Å²) in [7, 11) is 0. The number of carbonyl (C=O) groups is 2. The van der Waals surface area contributed by atoms with E-state index in [-0.39, 0.29) is 18.4 Å². The van der Waals surface area contributed by atoms with Crippen molar-refractivity contribution in [1.82, 2.24) is 24.8 Å². The van der Waals surface area contributed by atoms with Crippen LogP contribution >= 0.6 is 0 Å². The van der Waals surface area contributed by atoms with Crippen LogP contribution in [0.1, 0.15) is 38.1 Å². The Labute approximate surface area is 152 Å². The molecule has 0 radical (unpaired) electrons. The number of hydrogen-bond donors (Lipinski definition) is 1. The van der Waals surface area contributed by atoms with Crippen LogP contribution in [0.4, 0.5) is 4.79 Å². The van der Waals surface area contributed by atoms with Crippen LogP contribution in [0.5, 0.6) is 0 Å². The molecule has 140 valence electrons. The number of likely N-dealkylation sites (tertiary alicyclic amines) is 1. The Balaban J connectivity index is 1.53. The molecule has 0 atom stereocenters. The van der Waals surface area contributed by atoms with Crippen LogP contribution in [-0.4, -0.2) is 57.7 Å². The van der Waals surface area contributed by atoms with Crippen molar-refractivity contribution in [3.05, 3.63) is 24.2 Å². The van der Waals surface area contributed by atoms with Gasteiger partial charge >= 0.3 is 12.0 Å². The topological polar surface area (TPSA) is 89.4 Å². The molecule has 8 nitrogen and oxygen atoms in total. The number of aromatic nitrogens is 3. The van der Waals surface area contributed by atoms with Crippen LogP contribution in [0, 0.1) is 6.92 Å². The summed E-state index contributed by atoms with van der Waals surface area (Å²) in [4.78, 5) is 34.4. The van der Waals surface area contributed by atoms with Gasteiger partial charge < -0.3 is 19.5 Å². The highest BCUT2D eigenvalue weighted by atomic mass is 16.5. The van der Waals surface area contributed by atoms with E-state index in [1.807, 2.05) is 19.1 Å². The first-order valence-electron chi connectivity index (χ1n) is 9.08. The third-order valence-electron chi connectivity index (χ3n) is 4.65. The number of aryl methyl sites for hydroxylation is 1. The molecule has 3 rings (SSSR count). The van der Waals surface area contributed by atoms with Gasteiger partial charge in [-0.3, -0.25) is 4.79 Å². The highest BCUT2D eigenvalue weighted by Gasteiger charge is 2.26. The van der Waals surface area contributed by atoms with Gasteiger partial charge in [-0.05, 0) is 38.8 Å². The Kier molecular flexibility index (Phi) is 5.70. The largest absolute Gasteiger partial charge is 0.466 e. The minimum atomic E-state index is -0.290. The van der Waals surface area contributed by atoms with Crippen molar-refractivity contribution in [2.75, 3.05) is 26.2 Å². The van der Waals surface area contributed by atoms with Gasteiger partial charge in [-0.15, -0.1) is 0 Å². The maximum Gasteiger partial charge on any atom is 0.317 e. The van der Waals surface area contributed by atoms with E-state index in [0.717, 1.165) is 29.8 Å². The molecule has 8 heteroatoms. The lowest BCUT2D eigenvalue weighted by Gasteiger charge is -2.33. The average molecular weight is 359 g/mol. The minimum Gasteiger partial charge on any atom is -0.466 e. The lowest BCUT2D eigenvalue weighted by Crippen LogP contribution is -2.45. The number of carbonyl (C=O) groups excluding carboxylic acids is 2. The van der Waals surface area contributed by atoms with Gasteiger partial charge in [-0.25, -0.2) is 14.8 Å². The number of urea groups is 1. The number of esters is 1. The molecule has 0 bridgehead atoms. The Hall–Kier alpha value is -2.64. The summed E-state index contributed by atoms with van der Waals surface area (Å²) in [5.74, 6) is 0.664. The number of amides is 2. The Morgan fingerprint density at radius 3 is 2.85 bits per heavy atom. The molecule has 0 aromatic carbocycles. The van der Waals surface area contributed by atoms with Crippen LogP contribution in [0.3, 0.4) is 0 Å². The summed E-state index contributed by atoms with van der Waals surface area (Å²) < 4.78 is 7.04. The quantitative estimate of drug-likeness (QED) is 0.825. The van der Waals surface area contributed by atoms with Crippen molar-refractivity contribution in [3.63, 3.8) is 0 Å². The smallest absolute Gasteiger partial charge is 0.317 e. The highest BCUT2D eigenvalue weighted by molar-refractivity contribution is 5.76. The van der Waals surface area contributed by atoms with E-state index < -0.39 is 0 Å². The van der Waals surface area contributed by atoms with Gasteiger partial charge in [0.25, 0.3) is 0 Å². The zero-order valence-corrected chi connectivity index (χ0v) is 15.3. The Morgan fingerprint density at radius 2 is 2.12 bits per heavy atom. The van der Waals surface area contributed by atoms with Crippen LogP contribution in [0.25, 0.3) is 11.2 Å². The standard InChI is InChI=1S/C18H25N5O3/c1-3-26-16(24)6-10-20-18(25)22-11-7-14(8-12-22)23-13(2)21-15-5-4-9-19-17(15)23/h4-5,9,14H,3,6-8,10-12H2,1-2H3,(H,20,25). The first kappa shape index (κ1) is 18.2. The molecule has 2 aromatic heterocycles.